The van der Waals surface area contributed by atoms with E-state index in [0.717, 1.165) is 45.3 Å². The SMILES string of the molecule is NC1CCCN(C(=O)C2CCn3cncc3C2)C1. The van der Waals surface area contributed by atoms with Gasteiger partial charge in [0, 0.05) is 49.9 Å². The highest BCUT2D eigenvalue weighted by molar-refractivity contribution is 5.79. The molecule has 2 atom stereocenters. The molecule has 0 spiro atoms. The Balaban J connectivity index is 1.67. The molecule has 0 bridgehead atoms. The van der Waals surface area contributed by atoms with Crippen LogP contribution in [0.25, 0.3) is 0 Å². The van der Waals surface area contributed by atoms with Crippen LogP contribution < -0.4 is 5.73 Å². The number of aryl methyl sites for hydroxylation is 1. The average molecular weight is 248 g/mol. The lowest BCUT2D eigenvalue weighted by atomic mass is 9.93. The van der Waals surface area contributed by atoms with Crippen molar-refractivity contribution >= 4 is 5.91 Å². The maximum Gasteiger partial charge on any atom is 0.226 e. The average Bonchev–Trinajstić information content (AvgIpc) is 2.85. The molecular formula is C13H20N4O. The van der Waals surface area contributed by atoms with Gasteiger partial charge in [-0.05, 0) is 19.3 Å². The fourth-order valence-electron chi connectivity index (χ4n) is 3.05. The zero-order valence-electron chi connectivity index (χ0n) is 10.6. The lowest BCUT2D eigenvalue weighted by molar-refractivity contribution is -0.137. The number of hydrogen-bond donors (Lipinski definition) is 1. The van der Waals surface area contributed by atoms with E-state index in [-0.39, 0.29) is 17.9 Å². The summed E-state index contributed by atoms with van der Waals surface area (Å²) in [6.07, 6.45) is 7.56. The van der Waals surface area contributed by atoms with Gasteiger partial charge in [0.1, 0.15) is 0 Å². The van der Waals surface area contributed by atoms with E-state index >= 15 is 0 Å². The zero-order valence-corrected chi connectivity index (χ0v) is 10.6. The number of amides is 1. The topological polar surface area (TPSA) is 64.2 Å². The second kappa shape index (κ2) is 4.72. The van der Waals surface area contributed by atoms with Crippen molar-refractivity contribution in [2.45, 2.75) is 38.3 Å². The second-order valence-electron chi connectivity index (χ2n) is 5.45. The second-order valence-corrected chi connectivity index (χ2v) is 5.45. The minimum absolute atomic E-state index is 0.125. The van der Waals surface area contributed by atoms with Crippen LogP contribution in [0.1, 0.15) is 25.0 Å². The van der Waals surface area contributed by atoms with Crippen LogP contribution in [0.2, 0.25) is 0 Å². The van der Waals surface area contributed by atoms with Crippen molar-refractivity contribution in [1.82, 2.24) is 14.5 Å². The molecule has 1 aromatic rings. The summed E-state index contributed by atoms with van der Waals surface area (Å²) in [5, 5.41) is 0. The van der Waals surface area contributed by atoms with Crippen LogP contribution in [0.5, 0.6) is 0 Å². The number of piperidine rings is 1. The molecule has 0 aliphatic carbocycles. The van der Waals surface area contributed by atoms with Crippen LogP contribution in [0.3, 0.4) is 0 Å². The molecule has 3 heterocycles. The van der Waals surface area contributed by atoms with Crippen molar-refractivity contribution in [3.8, 4) is 0 Å². The Bertz CT molecular complexity index is 442. The smallest absolute Gasteiger partial charge is 0.226 e. The first-order chi connectivity index (χ1) is 8.74. The van der Waals surface area contributed by atoms with Crippen LogP contribution >= 0.6 is 0 Å². The molecule has 5 nitrogen and oxygen atoms in total. The lowest BCUT2D eigenvalue weighted by Crippen LogP contribution is -2.48. The number of carbonyl (C=O) groups excluding carboxylic acids is 1. The van der Waals surface area contributed by atoms with Gasteiger partial charge in [0.15, 0.2) is 0 Å². The monoisotopic (exact) mass is 248 g/mol. The molecule has 1 aromatic heterocycles. The molecular weight excluding hydrogens is 228 g/mol. The highest BCUT2D eigenvalue weighted by Gasteiger charge is 2.30. The van der Waals surface area contributed by atoms with Gasteiger partial charge in [-0.1, -0.05) is 0 Å². The van der Waals surface area contributed by atoms with Gasteiger partial charge in [0.05, 0.1) is 6.33 Å². The number of carbonyl (C=O) groups is 1. The Morgan fingerprint density at radius 2 is 2.28 bits per heavy atom. The molecule has 2 aliphatic heterocycles. The normalized spacial score (nSPS) is 27.9. The van der Waals surface area contributed by atoms with E-state index in [1.807, 2.05) is 17.4 Å². The minimum Gasteiger partial charge on any atom is -0.341 e. The standard InChI is InChI=1S/C13H20N4O/c14-11-2-1-4-16(8-11)13(18)10-3-5-17-9-15-7-12(17)6-10/h7,9-11H,1-6,8,14H2. The van der Waals surface area contributed by atoms with E-state index in [1.165, 1.54) is 5.69 Å². The van der Waals surface area contributed by atoms with E-state index in [1.54, 1.807) is 0 Å². The summed E-state index contributed by atoms with van der Waals surface area (Å²) < 4.78 is 2.14. The molecule has 2 unspecified atom stereocenters. The Kier molecular flexibility index (Phi) is 3.07. The van der Waals surface area contributed by atoms with Gasteiger partial charge in [-0.2, -0.15) is 0 Å². The maximum absolute atomic E-state index is 12.5. The summed E-state index contributed by atoms with van der Waals surface area (Å²) in [7, 11) is 0. The third-order valence-electron chi connectivity index (χ3n) is 4.09. The number of rotatable bonds is 1. The fraction of sp³-hybridized carbons (Fsp3) is 0.692. The van der Waals surface area contributed by atoms with Crippen molar-refractivity contribution in [2.24, 2.45) is 11.7 Å². The number of hydrogen-bond acceptors (Lipinski definition) is 3. The van der Waals surface area contributed by atoms with Gasteiger partial charge in [-0.3, -0.25) is 4.79 Å². The Morgan fingerprint density at radius 3 is 3.11 bits per heavy atom. The van der Waals surface area contributed by atoms with Crippen molar-refractivity contribution in [3.05, 3.63) is 18.2 Å². The predicted molar refractivity (Wildman–Crippen MR) is 67.8 cm³/mol. The van der Waals surface area contributed by atoms with E-state index in [9.17, 15) is 4.79 Å². The molecule has 5 heteroatoms. The number of aromatic nitrogens is 2. The number of likely N-dealkylation sites (tertiary alicyclic amines) is 1. The van der Waals surface area contributed by atoms with Gasteiger partial charge in [0.25, 0.3) is 0 Å². The van der Waals surface area contributed by atoms with E-state index in [0.29, 0.717) is 0 Å². The summed E-state index contributed by atoms with van der Waals surface area (Å²) in [6.45, 7) is 2.52. The van der Waals surface area contributed by atoms with Gasteiger partial charge < -0.3 is 15.2 Å². The number of imidazole rings is 1. The van der Waals surface area contributed by atoms with Gasteiger partial charge in [-0.15, -0.1) is 0 Å². The minimum atomic E-state index is 0.125. The quantitative estimate of drug-likeness (QED) is 0.782. The Hall–Kier alpha value is -1.36. The van der Waals surface area contributed by atoms with Crippen LogP contribution in [0, 0.1) is 5.92 Å². The first kappa shape index (κ1) is 11.7. The number of nitrogens with zero attached hydrogens (tertiary/aromatic N) is 3. The van der Waals surface area contributed by atoms with Crippen molar-refractivity contribution in [3.63, 3.8) is 0 Å². The maximum atomic E-state index is 12.5. The van der Waals surface area contributed by atoms with Gasteiger partial charge in [0.2, 0.25) is 5.91 Å². The molecule has 0 radical (unpaired) electrons. The summed E-state index contributed by atoms with van der Waals surface area (Å²) in [4.78, 5) is 18.6. The molecule has 2 N–H and O–H groups in total. The Morgan fingerprint density at radius 1 is 1.39 bits per heavy atom. The van der Waals surface area contributed by atoms with E-state index in [2.05, 4.69) is 9.55 Å². The molecule has 2 aliphatic rings. The summed E-state index contributed by atoms with van der Waals surface area (Å²) in [5.74, 6) is 0.414. The predicted octanol–water partition coefficient (Wildman–Crippen LogP) is 0.395. The molecule has 98 valence electrons. The van der Waals surface area contributed by atoms with Crippen LogP contribution in [-0.4, -0.2) is 39.5 Å². The van der Waals surface area contributed by atoms with Crippen LogP contribution in [0.4, 0.5) is 0 Å². The van der Waals surface area contributed by atoms with Crippen molar-refractivity contribution < 1.29 is 4.79 Å². The fourth-order valence-corrected chi connectivity index (χ4v) is 3.05. The lowest BCUT2D eigenvalue weighted by Gasteiger charge is -2.34. The summed E-state index contributed by atoms with van der Waals surface area (Å²) in [5.41, 5.74) is 7.13. The largest absolute Gasteiger partial charge is 0.341 e. The number of nitrogens with two attached hydrogens (primary N) is 1. The molecule has 18 heavy (non-hydrogen) atoms. The molecule has 1 fully saturated rings. The molecule has 1 amide bonds. The Labute approximate surface area is 107 Å². The zero-order chi connectivity index (χ0) is 12.5. The highest BCUT2D eigenvalue weighted by Crippen LogP contribution is 2.23. The third-order valence-corrected chi connectivity index (χ3v) is 4.09. The number of fused-ring (bicyclic) bond motifs is 1. The van der Waals surface area contributed by atoms with Crippen molar-refractivity contribution in [1.29, 1.82) is 0 Å². The van der Waals surface area contributed by atoms with Gasteiger partial charge in [-0.25, -0.2) is 4.98 Å². The first-order valence-electron chi connectivity index (χ1n) is 6.77. The molecule has 1 saturated heterocycles. The third kappa shape index (κ3) is 2.14. The van der Waals surface area contributed by atoms with Gasteiger partial charge >= 0.3 is 0 Å². The summed E-state index contributed by atoms with van der Waals surface area (Å²) >= 11 is 0. The van der Waals surface area contributed by atoms with E-state index in [4.69, 9.17) is 5.73 Å². The van der Waals surface area contributed by atoms with E-state index < -0.39 is 0 Å². The first-order valence-corrected chi connectivity index (χ1v) is 6.77. The summed E-state index contributed by atoms with van der Waals surface area (Å²) in [6, 6.07) is 0.164. The molecule has 0 saturated carbocycles. The molecule has 0 aromatic carbocycles. The van der Waals surface area contributed by atoms with Crippen LogP contribution in [0.15, 0.2) is 12.5 Å². The van der Waals surface area contributed by atoms with Crippen molar-refractivity contribution in [2.75, 3.05) is 13.1 Å². The van der Waals surface area contributed by atoms with Crippen LogP contribution in [-0.2, 0) is 17.8 Å². The molecule has 3 rings (SSSR count). The highest BCUT2D eigenvalue weighted by atomic mass is 16.2.